The zero-order chi connectivity index (χ0) is 17.4. The maximum absolute atomic E-state index is 12.1. The summed E-state index contributed by atoms with van der Waals surface area (Å²) in [4.78, 5) is 11.7. The second kappa shape index (κ2) is 8.63. The van der Waals surface area contributed by atoms with Crippen molar-refractivity contribution in [1.29, 1.82) is 5.26 Å². The van der Waals surface area contributed by atoms with Crippen molar-refractivity contribution in [2.75, 3.05) is 38.6 Å². The van der Waals surface area contributed by atoms with Gasteiger partial charge < -0.3 is 15.4 Å². The molecule has 0 aliphatic carbocycles. The summed E-state index contributed by atoms with van der Waals surface area (Å²) in [5.41, 5.74) is 1.32. The molecular formula is C15H20N4O4S. The Bertz CT molecular complexity index is 708. The normalized spacial score (nSPS) is 15.5. The molecular weight excluding hydrogens is 332 g/mol. The minimum atomic E-state index is -3.38. The fraction of sp³-hybridized carbons (Fsp3) is 0.467. The Morgan fingerprint density at radius 3 is 2.75 bits per heavy atom. The Morgan fingerprint density at radius 2 is 2.04 bits per heavy atom. The first-order valence-electron chi connectivity index (χ1n) is 7.57. The third-order valence-corrected chi connectivity index (χ3v) is 5.39. The number of hydrogen-bond acceptors (Lipinski definition) is 5. The molecule has 2 amide bonds. The molecule has 2 rings (SSSR count). The van der Waals surface area contributed by atoms with Crippen LogP contribution in [-0.4, -0.2) is 57.4 Å². The van der Waals surface area contributed by atoms with E-state index in [0.717, 1.165) is 5.56 Å². The van der Waals surface area contributed by atoms with Crippen LogP contribution >= 0.6 is 0 Å². The number of rotatable bonds is 6. The summed E-state index contributed by atoms with van der Waals surface area (Å²) in [5, 5.41) is 14.0. The van der Waals surface area contributed by atoms with Crippen molar-refractivity contribution in [2.45, 2.75) is 6.54 Å². The molecule has 0 atom stereocenters. The molecule has 24 heavy (non-hydrogen) atoms. The number of nitrogens with one attached hydrogen (secondary N) is 2. The maximum Gasteiger partial charge on any atom is 0.315 e. The summed E-state index contributed by atoms with van der Waals surface area (Å²) < 4.78 is 30.7. The molecule has 0 unspecified atom stereocenters. The van der Waals surface area contributed by atoms with E-state index in [2.05, 4.69) is 10.6 Å². The first-order chi connectivity index (χ1) is 11.5. The van der Waals surface area contributed by atoms with Crippen LogP contribution in [0.2, 0.25) is 0 Å². The van der Waals surface area contributed by atoms with Crippen LogP contribution in [0.3, 0.4) is 0 Å². The molecule has 130 valence electrons. The van der Waals surface area contributed by atoms with Crippen LogP contribution in [-0.2, 0) is 21.3 Å². The largest absolute Gasteiger partial charge is 0.379 e. The molecule has 1 saturated heterocycles. The Kier molecular flexibility index (Phi) is 6.54. The highest BCUT2D eigenvalue weighted by atomic mass is 32.2. The van der Waals surface area contributed by atoms with Gasteiger partial charge >= 0.3 is 6.03 Å². The molecule has 1 aliphatic rings. The number of urea groups is 1. The molecule has 1 fully saturated rings. The number of carbonyl (C=O) groups is 1. The van der Waals surface area contributed by atoms with Crippen molar-refractivity contribution in [3.63, 3.8) is 0 Å². The fourth-order valence-corrected chi connectivity index (χ4v) is 3.57. The lowest BCUT2D eigenvalue weighted by Crippen LogP contribution is -2.44. The predicted octanol–water partition coefficient (Wildman–Crippen LogP) is 0.0195. The van der Waals surface area contributed by atoms with Gasteiger partial charge in [0.1, 0.15) is 0 Å². The van der Waals surface area contributed by atoms with Gasteiger partial charge in [-0.3, -0.25) is 0 Å². The molecule has 1 aliphatic heterocycles. The Labute approximate surface area is 141 Å². The van der Waals surface area contributed by atoms with Crippen LogP contribution < -0.4 is 10.6 Å². The molecule has 1 aromatic carbocycles. The number of nitrogens with zero attached hydrogens (tertiary/aromatic N) is 2. The second-order valence-corrected chi connectivity index (χ2v) is 7.34. The van der Waals surface area contributed by atoms with Gasteiger partial charge in [-0.25, -0.2) is 13.2 Å². The number of amides is 2. The van der Waals surface area contributed by atoms with Gasteiger partial charge in [-0.05, 0) is 17.7 Å². The number of nitriles is 1. The van der Waals surface area contributed by atoms with E-state index in [1.54, 1.807) is 24.3 Å². The SMILES string of the molecule is N#Cc1cccc(CNC(=O)NCCS(=O)(=O)N2CCOCC2)c1. The molecule has 2 N–H and O–H groups in total. The van der Waals surface area contributed by atoms with Crippen LogP contribution in [0.25, 0.3) is 0 Å². The summed E-state index contributed by atoms with van der Waals surface area (Å²) in [6, 6.07) is 8.48. The molecule has 0 saturated carbocycles. The third-order valence-electron chi connectivity index (χ3n) is 3.52. The van der Waals surface area contributed by atoms with Gasteiger partial charge in [0, 0.05) is 26.2 Å². The highest BCUT2D eigenvalue weighted by Crippen LogP contribution is 2.05. The lowest BCUT2D eigenvalue weighted by molar-refractivity contribution is 0.0730. The smallest absolute Gasteiger partial charge is 0.315 e. The van der Waals surface area contributed by atoms with Crippen molar-refractivity contribution in [3.05, 3.63) is 35.4 Å². The Hall–Kier alpha value is -2.15. The molecule has 0 radical (unpaired) electrons. The summed E-state index contributed by atoms with van der Waals surface area (Å²) in [6.07, 6.45) is 0. The van der Waals surface area contributed by atoms with Gasteiger partial charge in [0.05, 0.1) is 30.6 Å². The van der Waals surface area contributed by atoms with Gasteiger partial charge in [-0.2, -0.15) is 9.57 Å². The number of benzene rings is 1. The number of carbonyl (C=O) groups excluding carboxylic acids is 1. The Morgan fingerprint density at radius 1 is 1.29 bits per heavy atom. The topological polar surface area (TPSA) is 112 Å². The van der Waals surface area contributed by atoms with Crippen LogP contribution in [0, 0.1) is 11.3 Å². The molecule has 8 nitrogen and oxygen atoms in total. The lowest BCUT2D eigenvalue weighted by Gasteiger charge is -2.26. The van der Waals surface area contributed by atoms with E-state index in [1.807, 2.05) is 6.07 Å². The minimum absolute atomic E-state index is 0.0315. The first kappa shape index (κ1) is 18.2. The van der Waals surface area contributed by atoms with Crippen molar-refractivity contribution >= 4 is 16.1 Å². The molecule has 1 heterocycles. The minimum Gasteiger partial charge on any atom is -0.379 e. The van der Waals surface area contributed by atoms with E-state index in [0.29, 0.717) is 31.9 Å². The van der Waals surface area contributed by atoms with Gasteiger partial charge in [-0.15, -0.1) is 0 Å². The number of ether oxygens (including phenoxy) is 1. The number of morpholine rings is 1. The van der Waals surface area contributed by atoms with Gasteiger partial charge in [-0.1, -0.05) is 12.1 Å². The van der Waals surface area contributed by atoms with Crippen LogP contribution in [0.4, 0.5) is 4.79 Å². The summed E-state index contributed by atoms with van der Waals surface area (Å²) in [6.45, 7) is 1.79. The fourth-order valence-electron chi connectivity index (χ4n) is 2.24. The van der Waals surface area contributed by atoms with Gasteiger partial charge in [0.15, 0.2) is 0 Å². The zero-order valence-corrected chi connectivity index (χ0v) is 14.0. The highest BCUT2D eigenvalue weighted by Gasteiger charge is 2.23. The number of hydrogen-bond donors (Lipinski definition) is 2. The van der Waals surface area contributed by atoms with Crippen molar-refractivity contribution < 1.29 is 17.9 Å². The predicted molar refractivity (Wildman–Crippen MR) is 87.6 cm³/mol. The third kappa shape index (κ3) is 5.49. The average Bonchev–Trinajstić information content (AvgIpc) is 2.61. The van der Waals surface area contributed by atoms with Gasteiger partial charge in [0.2, 0.25) is 10.0 Å². The molecule has 0 aromatic heterocycles. The summed E-state index contributed by atoms with van der Waals surface area (Å²) in [5.74, 6) is -0.148. The van der Waals surface area contributed by atoms with E-state index in [4.69, 9.17) is 10.00 Å². The molecule has 1 aromatic rings. The van der Waals surface area contributed by atoms with E-state index in [9.17, 15) is 13.2 Å². The number of sulfonamides is 1. The highest BCUT2D eigenvalue weighted by molar-refractivity contribution is 7.89. The monoisotopic (exact) mass is 352 g/mol. The van der Waals surface area contributed by atoms with Crippen molar-refractivity contribution in [2.24, 2.45) is 0 Å². The van der Waals surface area contributed by atoms with Crippen molar-refractivity contribution in [1.82, 2.24) is 14.9 Å². The van der Waals surface area contributed by atoms with E-state index >= 15 is 0 Å². The lowest BCUT2D eigenvalue weighted by atomic mass is 10.1. The quantitative estimate of drug-likeness (QED) is 0.750. The van der Waals surface area contributed by atoms with Crippen LogP contribution in [0.1, 0.15) is 11.1 Å². The summed E-state index contributed by atoms with van der Waals surface area (Å²) >= 11 is 0. The van der Waals surface area contributed by atoms with E-state index < -0.39 is 16.1 Å². The maximum atomic E-state index is 12.1. The van der Waals surface area contributed by atoms with Gasteiger partial charge in [0.25, 0.3) is 0 Å². The molecule has 9 heteroatoms. The van der Waals surface area contributed by atoms with E-state index in [1.165, 1.54) is 4.31 Å². The molecule has 0 bridgehead atoms. The molecule has 0 spiro atoms. The Balaban J connectivity index is 1.72. The average molecular weight is 352 g/mol. The van der Waals surface area contributed by atoms with Crippen LogP contribution in [0.15, 0.2) is 24.3 Å². The summed E-state index contributed by atoms with van der Waals surface area (Å²) in [7, 11) is -3.38. The van der Waals surface area contributed by atoms with Crippen molar-refractivity contribution in [3.8, 4) is 6.07 Å². The van der Waals surface area contributed by atoms with E-state index in [-0.39, 0.29) is 18.8 Å². The zero-order valence-electron chi connectivity index (χ0n) is 13.2. The first-order valence-corrected chi connectivity index (χ1v) is 9.18. The van der Waals surface area contributed by atoms with Crippen LogP contribution in [0.5, 0.6) is 0 Å². The second-order valence-electron chi connectivity index (χ2n) is 5.25. The standard InChI is InChI=1S/C15H20N4O4S/c16-11-13-2-1-3-14(10-13)12-18-15(20)17-4-9-24(21,22)19-5-7-23-8-6-19/h1-3,10H,4-9,12H2,(H2,17,18,20).